The van der Waals surface area contributed by atoms with Gasteiger partial charge in [0.1, 0.15) is 10.6 Å². The van der Waals surface area contributed by atoms with E-state index in [0.717, 1.165) is 19.3 Å². The van der Waals surface area contributed by atoms with Crippen LogP contribution in [0.5, 0.6) is 5.75 Å². The first-order chi connectivity index (χ1) is 12.1. The summed E-state index contributed by atoms with van der Waals surface area (Å²) >= 11 is 0. The van der Waals surface area contributed by atoms with Gasteiger partial charge in [0.15, 0.2) is 0 Å². The summed E-state index contributed by atoms with van der Waals surface area (Å²) in [6.45, 7) is 9.18. The van der Waals surface area contributed by atoms with Crippen molar-refractivity contribution >= 4 is 21.6 Å². The predicted molar refractivity (Wildman–Crippen MR) is 103 cm³/mol. The number of hydrogen-bond donors (Lipinski definition) is 1. The third-order valence-corrected chi connectivity index (χ3v) is 6.07. The zero-order valence-electron chi connectivity index (χ0n) is 16.2. The largest absolute Gasteiger partial charge is 0.492 e. The van der Waals surface area contributed by atoms with E-state index in [-0.39, 0.29) is 16.2 Å². The highest BCUT2D eigenvalue weighted by atomic mass is 32.2. The molecule has 0 aliphatic carbocycles. The summed E-state index contributed by atoms with van der Waals surface area (Å²) < 4.78 is 33.2. The standard InChI is InChI=1S/C19H30N2O4S/c1-5-25-16-10-9-15(20-18(22)14-19(2,3)4)13-17(16)26(23,24)21-11-7-6-8-12-21/h9-10,13H,5-8,11-12,14H2,1-4H3,(H,20,22). The lowest BCUT2D eigenvalue weighted by Gasteiger charge is -2.27. The Morgan fingerprint density at radius 1 is 1.19 bits per heavy atom. The van der Waals surface area contributed by atoms with Crippen molar-refractivity contribution in [3.8, 4) is 5.75 Å². The number of nitrogens with zero attached hydrogens (tertiary/aromatic N) is 1. The van der Waals surface area contributed by atoms with Gasteiger partial charge in [-0.05, 0) is 43.4 Å². The molecule has 1 N–H and O–H groups in total. The van der Waals surface area contributed by atoms with Gasteiger partial charge in [-0.2, -0.15) is 4.31 Å². The molecule has 6 nitrogen and oxygen atoms in total. The maximum atomic E-state index is 13.1. The van der Waals surface area contributed by atoms with Crippen molar-refractivity contribution in [3.05, 3.63) is 18.2 Å². The van der Waals surface area contributed by atoms with Gasteiger partial charge in [-0.25, -0.2) is 8.42 Å². The Morgan fingerprint density at radius 2 is 1.85 bits per heavy atom. The van der Waals surface area contributed by atoms with Crippen LogP contribution in [0.15, 0.2) is 23.1 Å². The fraction of sp³-hybridized carbons (Fsp3) is 0.632. The highest BCUT2D eigenvalue weighted by molar-refractivity contribution is 7.89. The van der Waals surface area contributed by atoms with Crippen LogP contribution in [0.3, 0.4) is 0 Å². The third-order valence-electron chi connectivity index (χ3n) is 4.15. The molecule has 1 heterocycles. The van der Waals surface area contributed by atoms with Crippen LogP contribution in [0, 0.1) is 5.41 Å². The fourth-order valence-corrected chi connectivity index (χ4v) is 4.67. The molecule has 26 heavy (non-hydrogen) atoms. The van der Waals surface area contributed by atoms with Gasteiger partial charge < -0.3 is 10.1 Å². The van der Waals surface area contributed by atoms with E-state index in [2.05, 4.69) is 5.32 Å². The lowest BCUT2D eigenvalue weighted by Crippen LogP contribution is -2.35. The summed E-state index contributed by atoms with van der Waals surface area (Å²) in [6, 6.07) is 4.81. The molecule has 0 unspecified atom stereocenters. The number of amides is 1. The Balaban J connectivity index is 2.32. The van der Waals surface area contributed by atoms with Crippen molar-refractivity contribution in [2.24, 2.45) is 5.41 Å². The Kier molecular flexibility index (Phi) is 6.69. The molecule has 0 saturated carbocycles. The molecule has 1 fully saturated rings. The summed E-state index contributed by atoms with van der Waals surface area (Å²) in [5, 5.41) is 2.81. The Bertz CT molecular complexity index is 732. The number of sulfonamides is 1. The monoisotopic (exact) mass is 382 g/mol. The first-order valence-corrected chi connectivity index (χ1v) is 10.6. The minimum atomic E-state index is -3.65. The van der Waals surface area contributed by atoms with Gasteiger partial charge in [-0.1, -0.05) is 27.2 Å². The zero-order chi connectivity index (χ0) is 19.4. The van der Waals surface area contributed by atoms with E-state index in [0.29, 0.717) is 37.6 Å². The van der Waals surface area contributed by atoms with Crippen LogP contribution in [-0.4, -0.2) is 38.3 Å². The molecular weight excluding hydrogens is 352 g/mol. The average molecular weight is 383 g/mol. The van der Waals surface area contributed by atoms with Crippen LogP contribution >= 0.6 is 0 Å². The number of rotatable bonds is 6. The van der Waals surface area contributed by atoms with Gasteiger partial charge in [-0.3, -0.25) is 4.79 Å². The summed E-state index contributed by atoms with van der Waals surface area (Å²) in [5.41, 5.74) is 0.330. The van der Waals surface area contributed by atoms with Crippen LogP contribution in [0.4, 0.5) is 5.69 Å². The summed E-state index contributed by atoms with van der Waals surface area (Å²) in [4.78, 5) is 12.3. The summed E-state index contributed by atoms with van der Waals surface area (Å²) in [7, 11) is -3.65. The van der Waals surface area contributed by atoms with Crippen LogP contribution in [0.1, 0.15) is 53.4 Å². The van der Waals surface area contributed by atoms with E-state index in [4.69, 9.17) is 4.74 Å². The van der Waals surface area contributed by atoms with Crippen molar-refractivity contribution < 1.29 is 17.9 Å². The minimum Gasteiger partial charge on any atom is -0.492 e. The molecule has 0 bridgehead atoms. The number of hydrogen-bond acceptors (Lipinski definition) is 4. The normalized spacial score (nSPS) is 16.3. The molecule has 0 aromatic heterocycles. The molecule has 1 aliphatic rings. The third kappa shape index (κ3) is 5.45. The van der Waals surface area contributed by atoms with Crippen LogP contribution in [0.25, 0.3) is 0 Å². The molecule has 1 aliphatic heterocycles. The minimum absolute atomic E-state index is 0.120. The lowest BCUT2D eigenvalue weighted by molar-refractivity contribution is -0.117. The van der Waals surface area contributed by atoms with Gasteiger partial charge in [0.2, 0.25) is 15.9 Å². The second-order valence-electron chi connectivity index (χ2n) is 7.84. The second-order valence-corrected chi connectivity index (χ2v) is 9.75. The molecule has 1 amide bonds. The van der Waals surface area contributed by atoms with Crippen molar-refractivity contribution in [2.45, 2.75) is 58.3 Å². The van der Waals surface area contributed by atoms with Gasteiger partial charge in [0, 0.05) is 25.2 Å². The van der Waals surface area contributed by atoms with Gasteiger partial charge >= 0.3 is 0 Å². The second kappa shape index (κ2) is 8.39. The van der Waals surface area contributed by atoms with E-state index >= 15 is 0 Å². The van der Waals surface area contributed by atoms with E-state index in [1.807, 2.05) is 27.7 Å². The van der Waals surface area contributed by atoms with Crippen molar-refractivity contribution in [1.82, 2.24) is 4.31 Å². The lowest BCUT2D eigenvalue weighted by atomic mass is 9.92. The number of carbonyl (C=O) groups is 1. The van der Waals surface area contributed by atoms with Gasteiger partial charge in [0.05, 0.1) is 6.61 Å². The Hall–Kier alpha value is -1.60. The molecule has 1 aromatic rings. The molecule has 2 rings (SSSR count). The highest BCUT2D eigenvalue weighted by Crippen LogP contribution is 2.31. The van der Waals surface area contributed by atoms with Crippen molar-refractivity contribution in [2.75, 3.05) is 25.0 Å². The smallest absolute Gasteiger partial charge is 0.246 e. The first kappa shape index (κ1) is 20.7. The number of piperidine rings is 1. The molecule has 1 saturated heterocycles. The maximum absolute atomic E-state index is 13.1. The van der Waals surface area contributed by atoms with Crippen LogP contribution < -0.4 is 10.1 Å². The van der Waals surface area contributed by atoms with Gasteiger partial charge in [-0.15, -0.1) is 0 Å². The molecule has 146 valence electrons. The SMILES string of the molecule is CCOc1ccc(NC(=O)CC(C)(C)C)cc1S(=O)(=O)N1CCCCC1. The number of nitrogens with one attached hydrogen (secondary N) is 1. The maximum Gasteiger partial charge on any atom is 0.246 e. The van der Waals surface area contributed by atoms with E-state index in [9.17, 15) is 13.2 Å². The highest BCUT2D eigenvalue weighted by Gasteiger charge is 2.29. The average Bonchev–Trinajstić information content (AvgIpc) is 2.55. The summed E-state index contributed by atoms with van der Waals surface area (Å²) in [5.74, 6) is 0.190. The number of benzene rings is 1. The van der Waals surface area contributed by atoms with Crippen LogP contribution in [0.2, 0.25) is 0 Å². The molecule has 0 radical (unpaired) electrons. The molecule has 0 spiro atoms. The Morgan fingerprint density at radius 3 is 2.42 bits per heavy atom. The molecule has 1 aromatic carbocycles. The van der Waals surface area contributed by atoms with E-state index < -0.39 is 10.0 Å². The predicted octanol–water partition coefficient (Wildman–Crippen LogP) is 3.63. The first-order valence-electron chi connectivity index (χ1n) is 9.20. The van der Waals surface area contributed by atoms with Crippen LogP contribution in [-0.2, 0) is 14.8 Å². The van der Waals surface area contributed by atoms with E-state index in [1.165, 1.54) is 10.4 Å². The zero-order valence-corrected chi connectivity index (χ0v) is 17.0. The molecule has 0 atom stereocenters. The quantitative estimate of drug-likeness (QED) is 0.815. The fourth-order valence-electron chi connectivity index (χ4n) is 2.99. The van der Waals surface area contributed by atoms with Gasteiger partial charge in [0.25, 0.3) is 0 Å². The van der Waals surface area contributed by atoms with Crippen molar-refractivity contribution in [1.29, 1.82) is 0 Å². The van der Waals surface area contributed by atoms with E-state index in [1.54, 1.807) is 12.1 Å². The molecular formula is C19H30N2O4S. The number of anilines is 1. The number of carbonyl (C=O) groups excluding carboxylic acids is 1. The Labute approximate surface area is 157 Å². The summed E-state index contributed by atoms with van der Waals surface area (Å²) in [6.07, 6.45) is 3.14. The topological polar surface area (TPSA) is 75.7 Å². The van der Waals surface area contributed by atoms with Crippen molar-refractivity contribution in [3.63, 3.8) is 0 Å². The number of ether oxygens (including phenoxy) is 1. The molecule has 7 heteroatoms.